The van der Waals surface area contributed by atoms with Gasteiger partial charge in [0, 0.05) is 12.2 Å². The first kappa shape index (κ1) is 22.6. The van der Waals surface area contributed by atoms with Crippen LogP contribution in [0.1, 0.15) is 59.8 Å². The van der Waals surface area contributed by atoms with Crippen LogP contribution in [0, 0.1) is 12.7 Å². The number of carbonyl (C=O) groups is 2. The summed E-state index contributed by atoms with van der Waals surface area (Å²) in [6.07, 6.45) is 6.60. The maximum absolute atomic E-state index is 15.1. The number of aryl methyl sites for hydroxylation is 1. The lowest BCUT2D eigenvalue weighted by molar-refractivity contribution is -0.123. The summed E-state index contributed by atoms with van der Waals surface area (Å²) in [7, 11) is 0. The fraction of sp³-hybridized carbons (Fsp3) is 0.296. The number of hydrogen-bond donors (Lipinski definition) is 1. The number of carbonyl (C=O) groups excluding carboxylic acids is 2. The molecule has 1 N–H and O–H groups in total. The first-order valence-corrected chi connectivity index (χ1v) is 11.4. The predicted octanol–water partition coefficient (Wildman–Crippen LogP) is 5.37. The second-order valence-corrected chi connectivity index (χ2v) is 8.44. The molecule has 4 rings (SSSR count). The van der Waals surface area contributed by atoms with E-state index < -0.39 is 17.8 Å². The highest BCUT2D eigenvalue weighted by Gasteiger charge is 2.36. The monoisotopic (exact) mass is 445 g/mol. The van der Waals surface area contributed by atoms with E-state index in [0.29, 0.717) is 5.56 Å². The summed E-state index contributed by atoms with van der Waals surface area (Å²) in [5, 5.41) is 3.15. The number of nitrogens with zero attached hydrogens (tertiary/aromatic N) is 2. The molecule has 0 aliphatic heterocycles. The lowest BCUT2D eigenvalue weighted by atomic mass is 9.93. The van der Waals surface area contributed by atoms with Crippen LogP contribution in [-0.4, -0.2) is 22.8 Å². The molecule has 0 radical (unpaired) electrons. The molecule has 3 aromatic rings. The molecule has 5 nitrogen and oxygen atoms in total. The molecule has 1 fully saturated rings. The van der Waals surface area contributed by atoms with Crippen LogP contribution in [0.3, 0.4) is 0 Å². The molecule has 0 saturated heterocycles. The molecular weight excluding hydrogens is 417 g/mol. The summed E-state index contributed by atoms with van der Waals surface area (Å²) in [5.41, 5.74) is 1.68. The normalized spacial score (nSPS) is 15.0. The van der Waals surface area contributed by atoms with Crippen molar-refractivity contribution in [2.45, 2.75) is 51.1 Å². The Bertz CT molecular complexity index is 1110. The molecule has 33 heavy (non-hydrogen) atoms. The second-order valence-electron chi connectivity index (χ2n) is 8.44. The van der Waals surface area contributed by atoms with E-state index in [1.54, 1.807) is 30.3 Å². The van der Waals surface area contributed by atoms with Crippen molar-refractivity contribution in [2.24, 2.45) is 0 Å². The number of para-hydroxylation sites is 1. The Hall–Kier alpha value is -3.54. The number of anilines is 1. The van der Waals surface area contributed by atoms with Gasteiger partial charge >= 0.3 is 0 Å². The quantitative estimate of drug-likeness (QED) is 0.555. The highest BCUT2D eigenvalue weighted by Crippen LogP contribution is 2.33. The van der Waals surface area contributed by atoms with E-state index >= 15 is 4.39 Å². The number of amides is 2. The van der Waals surface area contributed by atoms with Gasteiger partial charge in [0.15, 0.2) is 0 Å². The van der Waals surface area contributed by atoms with Gasteiger partial charge in [-0.3, -0.25) is 19.5 Å². The molecule has 1 aliphatic rings. The second kappa shape index (κ2) is 10.4. The topological polar surface area (TPSA) is 62.3 Å². The van der Waals surface area contributed by atoms with Crippen LogP contribution < -0.4 is 10.2 Å². The maximum atomic E-state index is 15.1. The van der Waals surface area contributed by atoms with Crippen LogP contribution in [-0.2, 0) is 4.79 Å². The molecule has 2 aromatic carbocycles. The van der Waals surface area contributed by atoms with Crippen molar-refractivity contribution in [3.8, 4) is 0 Å². The van der Waals surface area contributed by atoms with Gasteiger partial charge in [-0.2, -0.15) is 0 Å². The highest BCUT2D eigenvalue weighted by molar-refractivity contribution is 6.09. The van der Waals surface area contributed by atoms with E-state index in [0.717, 1.165) is 37.7 Å². The third-order valence-electron chi connectivity index (χ3n) is 6.16. The third kappa shape index (κ3) is 5.11. The van der Waals surface area contributed by atoms with Gasteiger partial charge in [0.1, 0.15) is 17.6 Å². The zero-order chi connectivity index (χ0) is 23.2. The van der Waals surface area contributed by atoms with Crippen molar-refractivity contribution in [3.05, 3.63) is 95.6 Å². The minimum atomic E-state index is -1.04. The predicted molar refractivity (Wildman–Crippen MR) is 126 cm³/mol. The number of aromatic nitrogens is 1. The number of benzene rings is 2. The molecule has 1 aliphatic carbocycles. The highest BCUT2D eigenvalue weighted by atomic mass is 19.1. The van der Waals surface area contributed by atoms with Gasteiger partial charge in [-0.05, 0) is 55.2 Å². The Morgan fingerprint density at radius 3 is 2.36 bits per heavy atom. The summed E-state index contributed by atoms with van der Waals surface area (Å²) >= 11 is 0. The summed E-state index contributed by atoms with van der Waals surface area (Å²) in [4.78, 5) is 32.9. The Labute approximate surface area is 193 Å². The first-order chi connectivity index (χ1) is 16.1. The van der Waals surface area contributed by atoms with Crippen LogP contribution in [0.25, 0.3) is 0 Å². The minimum Gasteiger partial charge on any atom is -0.351 e. The van der Waals surface area contributed by atoms with Crippen LogP contribution in [0.5, 0.6) is 0 Å². The van der Waals surface area contributed by atoms with Crippen LogP contribution in [0.2, 0.25) is 0 Å². The van der Waals surface area contributed by atoms with E-state index in [4.69, 9.17) is 0 Å². The Morgan fingerprint density at radius 1 is 0.970 bits per heavy atom. The Kier molecular flexibility index (Phi) is 7.13. The third-order valence-corrected chi connectivity index (χ3v) is 6.16. The number of pyridine rings is 1. The molecule has 0 bridgehead atoms. The zero-order valence-electron chi connectivity index (χ0n) is 18.7. The molecule has 170 valence electrons. The van der Waals surface area contributed by atoms with Crippen molar-refractivity contribution in [2.75, 3.05) is 4.90 Å². The average Bonchev–Trinajstić information content (AvgIpc) is 2.84. The van der Waals surface area contributed by atoms with E-state index in [2.05, 4.69) is 10.3 Å². The van der Waals surface area contributed by atoms with Gasteiger partial charge in [0.25, 0.3) is 5.91 Å². The first-order valence-electron chi connectivity index (χ1n) is 11.4. The largest absolute Gasteiger partial charge is 0.351 e. The molecule has 1 saturated carbocycles. The molecule has 1 aromatic heterocycles. The number of halogens is 1. The fourth-order valence-corrected chi connectivity index (χ4v) is 4.44. The average molecular weight is 446 g/mol. The van der Waals surface area contributed by atoms with Gasteiger partial charge in [-0.25, -0.2) is 4.39 Å². The van der Waals surface area contributed by atoms with Gasteiger partial charge < -0.3 is 5.32 Å². The van der Waals surface area contributed by atoms with Gasteiger partial charge in [0.2, 0.25) is 5.91 Å². The maximum Gasteiger partial charge on any atom is 0.277 e. The molecule has 0 spiro atoms. The van der Waals surface area contributed by atoms with Crippen molar-refractivity contribution in [3.63, 3.8) is 0 Å². The number of nitrogens with one attached hydrogen (secondary N) is 1. The van der Waals surface area contributed by atoms with E-state index in [1.165, 1.54) is 23.2 Å². The summed E-state index contributed by atoms with van der Waals surface area (Å²) in [5.74, 6) is -1.43. The number of rotatable bonds is 6. The molecular formula is C27H28FN3O2. The number of hydrogen-bond acceptors (Lipinski definition) is 3. The van der Waals surface area contributed by atoms with E-state index in [1.807, 2.05) is 31.2 Å². The van der Waals surface area contributed by atoms with Crippen LogP contribution in [0.15, 0.2) is 72.9 Å². The smallest absolute Gasteiger partial charge is 0.277 e. The Morgan fingerprint density at radius 2 is 1.67 bits per heavy atom. The minimum absolute atomic E-state index is 0.0419. The lowest BCUT2D eigenvalue weighted by Crippen LogP contribution is -2.48. The van der Waals surface area contributed by atoms with Gasteiger partial charge in [-0.1, -0.05) is 61.7 Å². The molecule has 6 heteroatoms. The Balaban J connectivity index is 1.83. The van der Waals surface area contributed by atoms with E-state index in [9.17, 15) is 9.59 Å². The molecule has 2 amide bonds. The molecule has 1 heterocycles. The van der Waals surface area contributed by atoms with Crippen molar-refractivity contribution >= 4 is 17.5 Å². The SMILES string of the molecule is Cc1ccccc1C(C(=O)NC1CCCCC1)N(C(=O)c1ccccn1)c1ccccc1F. The van der Waals surface area contributed by atoms with Gasteiger partial charge in [-0.15, -0.1) is 0 Å². The molecule has 1 unspecified atom stereocenters. The fourth-order valence-electron chi connectivity index (χ4n) is 4.44. The van der Waals surface area contributed by atoms with Crippen molar-refractivity contribution < 1.29 is 14.0 Å². The van der Waals surface area contributed by atoms with Gasteiger partial charge in [0.05, 0.1) is 5.69 Å². The zero-order valence-corrected chi connectivity index (χ0v) is 18.7. The van der Waals surface area contributed by atoms with Crippen molar-refractivity contribution in [1.82, 2.24) is 10.3 Å². The standard InChI is InChI=1S/C27H28FN3O2/c1-19-11-5-6-14-21(19)25(26(32)30-20-12-3-2-4-13-20)31(24-17-8-7-15-22(24)28)27(33)23-16-9-10-18-29-23/h5-11,14-18,20,25H,2-4,12-13H2,1H3,(H,30,32). The lowest BCUT2D eigenvalue weighted by Gasteiger charge is -2.34. The van der Waals surface area contributed by atoms with Crippen LogP contribution >= 0.6 is 0 Å². The summed E-state index contributed by atoms with van der Waals surface area (Å²) in [6.45, 7) is 1.89. The summed E-state index contributed by atoms with van der Waals surface area (Å²) in [6, 6.07) is 17.4. The van der Waals surface area contributed by atoms with Crippen molar-refractivity contribution in [1.29, 1.82) is 0 Å². The van der Waals surface area contributed by atoms with Crippen LogP contribution in [0.4, 0.5) is 10.1 Å². The summed E-state index contributed by atoms with van der Waals surface area (Å²) < 4.78 is 15.1. The molecule has 1 atom stereocenters. The van der Waals surface area contributed by atoms with E-state index in [-0.39, 0.29) is 23.3 Å².